The Labute approximate surface area is 58.9 Å². The van der Waals surface area contributed by atoms with Crippen LogP contribution in [0.25, 0.3) is 0 Å². The van der Waals surface area contributed by atoms with Crippen molar-refractivity contribution < 1.29 is 9.53 Å². The molecule has 0 aromatic carbocycles. The van der Waals surface area contributed by atoms with E-state index < -0.39 is 6.09 Å². The van der Waals surface area contributed by atoms with Gasteiger partial charge in [-0.1, -0.05) is 0 Å². The number of primary amides is 1. The molecule has 0 saturated heterocycles. The molecular formula is C3H9NO2Te. The van der Waals surface area contributed by atoms with Crippen molar-refractivity contribution in [3.05, 3.63) is 0 Å². The molecule has 0 spiro atoms. The van der Waals surface area contributed by atoms with Crippen LogP contribution in [0.1, 0.15) is 6.92 Å². The van der Waals surface area contributed by atoms with Gasteiger partial charge in [-0.3, -0.25) is 0 Å². The molecular weight excluding hydrogens is 210 g/mol. The standard InChI is InChI=1S/C3H7NO2.H2Te/c1-2-6-3(4)5;/h2H2,1H3,(H2,4,5);1H2. The third-order valence-electron chi connectivity index (χ3n) is 0.287. The first-order valence-electron chi connectivity index (χ1n) is 1.69. The number of ether oxygens (including phenoxy) is 1. The van der Waals surface area contributed by atoms with Crippen molar-refractivity contribution in [1.29, 1.82) is 0 Å². The first-order valence-corrected chi connectivity index (χ1v) is 1.69. The van der Waals surface area contributed by atoms with Gasteiger partial charge < -0.3 is 10.5 Å². The van der Waals surface area contributed by atoms with Gasteiger partial charge in [0.2, 0.25) is 0 Å². The average Bonchev–Trinajstić information content (AvgIpc) is 1.35. The summed E-state index contributed by atoms with van der Waals surface area (Å²) >= 11 is 0. The number of carbonyl (C=O) groups is 1. The number of hydrogen-bond acceptors (Lipinski definition) is 2. The van der Waals surface area contributed by atoms with E-state index in [1.165, 1.54) is 0 Å². The van der Waals surface area contributed by atoms with Crippen LogP contribution in [0.3, 0.4) is 0 Å². The molecule has 4 heteroatoms. The van der Waals surface area contributed by atoms with Crippen LogP contribution in [-0.4, -0.2) is 36.4 Å². The van der Waals surface area contributed by atoms with Crippen molar-refractivity contribution in [1.82, 2.24) is 0 Å². The van der Waals surface area contributed by atoms with Crippen LogP contribution in [0.15, 0.2) is 0 Å². The van der Waals surface area contributed by atoms with E-state index in [1.54, 1.807) is 6.92 Å². The fourth-order valence-electron chi connectivity index (χ4n) is 0.142. The summed E-state index contributed by atoms with van der Waals surface area (Å²) < 4.78 is 4.18. The SMILES string of the molecule is CCOC(N)=O.[TeH2]. The predicted molar refractivity (Wildman–Crippen MR) is 29.8 cm³/mol. The Bertz CT molecular complexity index is 56.9. The van der Waals surface area contributed by atoms with E-state index in [-0.39, 0.29) is 23.7 Å². The van der Waals surface area contributed by atoms with Gasteiger partial charge in [0.15, 0.2) is 0 Å². The van der Waals surface area contributed by atoms with Gasteiger partial charge in [0.1, 0.15) is 0 Å². The molecule has 0 aromatic heterocycles. The van der Waals surface area contributed by atoms with Gasteiger partial charge in [0, 0.05) is 0 Å². The molecule has 0 atom stereocenters. The Balaban J connectivity index is 0. The monoisotopic (exact) mass is 221 g/mol. The molecule has 0 fully saturated rings. The molecule has 3 nitrogen and oxygen atoms in total. The molecule has 0 unspecified atom stereocenters. The minimum atomic E-state index is -0.711. The number of amides is 1. The zero-order valence-electron chi connectivity index (χ0n) is 4.10. The van der Waals surface area contributed by atoms with Crippen molar-refractivity contribution in [2.45, 2.75) is 6.92 Å². The van der Waals surface area contributed by atoms with Gasteiger partial charge in [-0.15, -0.1) is 0 Å². The summed E-state index contributed by atoms with van der Waals surface area (Å²) in [5.74, 6) is 0. The molecule has 0 aliphatic heterocycles. The molecule has 0 bridgehead atoms. The van der Waals surface area contributed by atoms with E-state index in [0.29, 0.717) is 6.61 Å². The van der Waals surface area contributed by atoms with Gasteiger partial charge in [-0.25, -0.2) is 4.79 Å². The molecule has 0 rings (SSSR count). The van der Waals surface area contributed by atoms with Crippen LogP contribution in [0.2, 0.25) is 0 Å². The number of carbonyl (C=O) groups excluding carboxylic acids is 1. The van der Waals surface area contributed by atoms with Crippen LogP contribution >= 0.6 is 0 Å². The number of hydrogen-bond donors (Lipinski definition) is 1. The van der Waals surface area contributed by atoms with Crippen LogP contribution in [0.4, 0.5) is 4.79 Å². The van der Waals surface area contributed by atoms with E-state index in [2.05, 4.69) is 10.5 Å². The normalized spacial score (nSPS) is 6.43. The Hall–Kier alpha value is 0.0596. The first kappa shape index (κ1) is 10.1. The molecule has 44 valence electrons. The zero-order chi connectivity index (χ0) is 4.99. The van der Waals surface area contributed by atoms with Crippen LogP contribution in [0, 0.1) is 0 Å². The molecule has 0 saturated carbocycles. The van der Waals surface area contributed by atoms with E-state index in [9.17, 15) is 4.79 Å². The van der Waals surface area contributed by atoms with Crippen molar-refractivity contribution in [2.24, 2.45) is 5.73 Å². The van der Waals surface area contributed by atoms with Crippen molar-refractivity contribution in [3.63, 3.8) is 0 Å². The second kappa shape index (κ2) is 6.06. The van der Waals surface area contributed by atoms with Gasteiger partial charge >= 0.3 is 29.8 Å². The van der Waals surface area contributed by atoms with Crippen molar-refractivity contribution in [3.8, 4) is 0 Å². The second-order valence-electron chi connectivity index (χ2n) is 0.752. The fourth-order valence-corrected chi connectivity index (χ4v) is 0.142. The van der Waals surface area contributed by atoms with Crippen molar-refractivity contribution >= 4 is 29.8 Å². The van der Waals surface area contributed by atoms with Gasteiger partial charge in [0.05, 0.1) is 6.61 Å². The van der Waals surface area contributed by atoms with Crippen LogP contribution < -0.4 is 5.73 Å². The summed E-state index contributed by atoms with van der Waals surface area (Å²) in [6.45, 7) is 2.06. The van der Waals surface area contributed by atoms with Crippen LogP contribution in [0.5, 0.6) is 0 Å². The predicted octanol–water partition coefficient (Wildman–Crippen LogP) is -0.815. The Kier molecular flexibility index (Phi) is 8.77. The Morgan fingerprint density at radius 1 is 1.86 bits per heavy atom. The molecule has 7 heavy (non-hydrogen) atoms. The Morgan fingerprint density at radius 2 is 2.29 bits per heavy atom. The Morgan fingerprint density at radius 3 is 2.29 bits per heavy atom. The third kappa shape index (κ3) is 10.7. The summed E-state index contributed by atoms with van der Waals surface area (Å²) in [6.07, 6.45) is -0.711. The average molecular weight is 219 g/mol. The summed E-state index contributed by atoms with van der Waals surface area (Å²) in [4.78, 5) is 9.60. The van der Waals surface area contributed by atoms with E-state index in [4.69, 9.17) is 0 Å². The number of rotatable bonds is 1. The molecule has 0 radical (unpaired) electrons. The summed E-state index contributed by atoms with van der Waals surface area (Å²) in [5.41, 5.74) is 4.54. The first-order chi connectivity index (χ1) is 2.77. The topological polar surface area (TPSA) is 52.3 Å². The number of nitrogens with two attached hydrogens (primary N) is 1. The minimum absolute atomic E-state index is 0. The van der Waals surface area contributed by atoms with E-state index in [0.717, 1.165) is 0 Å². The summed E-state index contributed by atoms with van der Waals surface area (Å²) in [7, 11) is 0. The van der Waals surface area contributed by atoms with Crippen LogP contribution in [-0.2, 0) is 4.74 Å². The fraction of sp³-hybridized carbons (Fsp3) is 0.667. The molecule has 2 N–H and O–H groups in total. The quantitative estimate of drug-likeness (QED) is 0.585. The maximum atomic E-state index is 9.60. The second-order valence-corrected chi connectivity index (χ2v) is 0.752. The zero-order valence-corrected chi connectivity index (χ0v) is 6.96. The van der Waals surface area contributed by atoms with Gasteiger partial charge in [0.25, 0.3) is 0 Å². The van der Waals surface area contributed by atoms with Gasteiger partial charge in [-0.2, -0.15) is 0 Å². The molecule has 1 amide bonds. The molecule has 0 aliphatic rings. The van der Waals surface area contributed by atoms with E-state index >= 15 is 0 Å². The summed E-state index contributed by atoms with van der Waals surface area (Å²) in [6, 6.07) is 0. The maximum absolute atomic E-state index is 9.60. The molecule has 0 heterocycles. The van der Waals surface area contributed by atoms with E-state index in [1.807, 2.05) is 0 Å². The summed E-state index contributed by atoms with van der Waals surface area (Å²) in [5, 5.41) is 0. The third-order valence-corrected chi connectivity index (χ3v) is 0.287. The van der Waals surface area contributed by atoms with Gasteiger partial charge in [-0.05, 0) is 6.92 Å². The van der Waals surface area contributed by atoms with Crippen molar-refractivity contribution in [2.75, 3.05) is 6.61 Å². The molecule has 0 aliphatic carbocycles. The molecule has 0 aromatic rings.